The van der Waals surface area contributed by atoms with Crippen molar-refractivity contribution in [1.82, 2.24) is 0 Å². The third kappa shape index (κ3) is 3.80. The third-order valence-corrected chi connectivity index (χ3v) is 3.75. The van der Waals surface area contributed by atoms with Gasteiger partial charge in [0, 0.05) is 12.3 Å². The number of benzene rings is 1. The van der Waals surface area contributed by atoms with E-state index < -0.39 is 5.82 Å². The molecule has 106 valence electrons. The number of hydrogen-bond acceptors (Lipinski definition) is 2. The smallest absolute Gasteiger partial charge is 0.357 e. The van der Waals surface area contributed by atoms with Crippen molar-refractivity contribution in [3.05, 3.63) is 41.0 Å². The Morgan fingerprint density at radius 3 is 2.80 bits per heavy atom. The maximum Gasteiger partial charge on any atom is 0.357 e. The highest BCUT2D eigenvalue weighted by Gasteiger charge is 2.22. The third-order valence-electron chi connectivity index (χ3n) is 3.75. The van der Waals surface area contributed by atoms with E-state index in [1.165, 1.54) is 12.1 Å². The van der Waals surface area contributed by atoms with Crippen molar-refractivity contribution in [3.63, 3.8) is 0 Å². The molecule has 3 nitrogen and oxygen atoms in total. The van der Waals surface area contributed by atoms with Gasteiger partial charge in [0.2, 0.25) is 0 Å². The number of hydrogen-bond donors (Lipinski definition) is 0. The van der Waals surface area contributed by atoms with E-state index in [1.54, 1.807) is 6.07 Å². The van der Waals surface area contributed by atoms with Gasteiger partial charge in [0.15, 0.2) is 11.6 Å². The highest BCUT2D eigenvalue weighted by Crippen LogP contribution is 2.27. The topological polar surface area (TPSA) is 30.7 Å². The fourth-order valence-corrected chi connectivity index (χ4v) is 2.64. The van der Waals surface area contributed by atoms with Gasteiger partial charge >= 0.3 is 6.73 Å². The molecule has 1 aliphatic rings. The summed E-state index contributed by atoms with van der Waals surface area (Å²) in [6.07, 6.45) is 5.37. The minimum absolute atomic E-state index is 0.0897. The van der Waals surface area contributed by atoms with Crippen molar-refractivity contribution in [3.8, 4) is 5.75 Å². The van der Waals surface area contributed by atoms with E-state index in [0.29, 0.717) is 18.6 Å². The zero-order valence-electron chi connectivity index (χ0n) is 11.4. The second-order valence-corrected chi connectivity index (χ2v) is 5.14. The molecule has 0 amide bonds. The number of Topliss-reactive ketones (excluding diaryl/α,β-unsaturated/α-hetero) is 1. The molecule has 0 radical (unpaired) electrons. The van der Waals surface area contributed by atoms with Crippen LogP contribution in [0.25, 0.3) is 4.85 Å². The molecule has 0 unspecified atom stereocenters. The van der Waals surface area contributed by atoms with E-state index in [4.69, 9.17) is 11.3 Å². The van der Waals surface area contributed by atoms with Gasteiger partial charge in [0.1, 0.15) is 5.78 Å². The molecule has 4 heteroatoms. The van der Waals surface area contributed by atoms with Crippen LogP contribution in [0.5, 0.6) is 5.75 Å². The summed E-state index contributed by atoms with van der Waals surface area (Å²) < 4.78 is 18.6. The van der Waals surface area contributed by atoms with Crippen LogP contribution >= 0.6 is 0 Å². The van der Waals surface area contributed by atoms with Crippen LogP contribution in [0.3, 0.4) is 0 Å². The largest absolute Gasteiger partial charge is 0.423 e. The van der Waals surface area contributed by atoms with E-state index in [0.717, 1.165) is 31.2 Å². The van der Waals surface area contributed by atoms with Gasteiger partial charge in [0.25, 0.3) is 0 Å². The van der Waals surface area contributed by atoms with Gasteiger partial charge in [-0.1, -0.05) is 18.9 Å². The molecule has 2 rings (SSSR count). The highest BCUT2D eigenvalue weighted by atomic mass is 19.1. The fraction of sp³-hybridized carbons (Fsp3) is 0.500. The molecule has 20 heavy (non-hydrogen) atoms. The zero-order chi connectivity index (χ0) is 14.4. The van der Waals surface area contributed by atoms with Crippen LogP contribution in [0.15, 0.2) is 18.2 Å². The molecule has 0 spiro atoms. The molecule has 0 N–H and O–H groups in total. The SMILES string of the molecule is [C-]#[N+]COc1ccc(CCC(=O)C2CCCC2)cc1F. The molecule has 0 aromatic heterocycles. The first-order valence-corrected chi connectivity index (χ1v) is 6.98. The first kappa shape index (κ1) is 14.5. The molecule has 0 heterocycles. The molecule has 1 aliphatic carbocycles. The summed E-state index contributed by atoms with van der Waals surface area (Å²) in [6.45, 7) is 6.42. The summed E-state index contributed by atoms with van der Waals surface area (Å²) in [7, 11) is 0. The number of halogens is 1. The summed E-state index contributed by atoms with van der Waals surface area (Å²) in [5, 5.41) is 0. The number of rotatable bonds is 6. The number of carbonyl (C=O) groups is 1. The minimum atomic E-state index is -0.473. The Hall–Kier alpha value is -1.89. The average Bonchev–Trinajstić information content (AvgIpc) is 2.98. The maximum absolute atomic E-state index is 13.7. The lowest BCUT2D eigenvalue weighted by atomic mass is 9.97. The van der Waals surface area contributed by atoms with Crippen molar-refractivity contribution in [2.24, 2.45) is 5.92 Å². The van der Waals surface area contributed by atoms with E-state index in [9.17, 15) is 9.18 Å². The molecule has 1 fully saturated rings. The van der Waals surface area contributed by atoms with Crippen molar-refractivity contribution < 1.29 is 13.9 Å². The Balaban J connectivity index is 1.88. The highest BCUT2D eigenvalue weighted by molar-refractivity contribution is 5.81. The first-order valence-electron chi connectivity index (χ1n) is 6.98. The molecular formula is C16H18FNO2. The molecule has 0 aliphatic heterocycles. The lowest BCUT2D eigenvalue weighted by molar-refractivity contribution is -0.122. The van der Waals surface area contributed by atoms with Gasteiger partial charge in [0.05, 0.1) is 0 Å². The van der Waals surface area contributed by atoms with Crippen molar-refractivity contribution in [2.75, 3.05) is 6.73 Å². The second-order valence-electron chi connectivity index (χ2n) is 5.14. The van der Waals surface area contributed by atoms with E-state index >= 15 is 0 Å². The summed E-state index contributed by atoms with van der Waals surface area (Å²) in [5.74, 6) is 0.142. The van der Waals surface area contributed by atoms with Crippen LogP contribution in [0.2, 0.25) is 0 Å². The summed E-state index contributed by atoms with van der Waals surface area (Å²) in [6, 6.07) is 4.67. The van der Waals surface area contributed by atoms with E-state index in [-0.39, 0.29) is 18.4 Å². The monoisotopic (exact) mass is 275 g/mol. The maximum atomic E-state index is 13.7. The van der Waals surface area contributed by atoms with Gasteiger partial charge in [-0.05, 0) is 37.0 Å². The number of ether oxygens (including phenoxy) is 1. The van der Waals surface area contributed by atoms with Crippen molar-refractivity contribution >= 4 is 5.78 Å². The number of ketones is 1. The lowest BCUT2D eigenvalue weighted by Gasteiger charge is -2.08. The van der Waals surface area contributed by atoms with Crippen LogP contribution in [-0.2, 0) is 11.2 Å². The van der Waals surface area contributed by atoms with E-state index in [1.807, 2.05) is 0 Å². The second kappa shape index (κ2) is 7.04. The molecule has 1 aromatic carbocycles. The average molecular weight is 275 g/mol. The van der Waals surface area contributed by atoms with Crippen LogP contribution in [0.4, 0.5) is 4.39 Å². The normalized spacial score (nSPS) is 15.0. The summed E-state index contributed by atoms with van der Waals surface area (Å²) in [4.78, 5) is 15.0. The van der Waals surface area contributed by atoms with Crippen LogP contribution in [-0.4, -0.2) is 12.5 Å². The summed E-state index contributed by atoms with van der Waals surface area (Å²) in [5.41, 5.74) is 0.795. The Morgan fingerprint density at radius 1 is 1.40 bits per heavy atom. The Morgan fingerprint density at radius 2 is 2.15 bits per heavy atom. The van der Waals surface area contributed by atoms with Gasteiger partial charge < -0.3 is 4.74 Å². The Kier molecular flexibility index (Phi) is 5.11. The van der Waals surface area contributed by atoms with Crippen molar-refractivity contribution in [1.29, 1.82) is 0 Å². The number of nitrogens with zero attached hydrogens (tertiary/aromatic N) is 1. The molecule has 1 saturated carbocycles. The number of aryl methyl sites for hydroxylation is 1. The van der Waals surface area contributed by atoms with E-state index in [2.05, 4.69) is 4.85 Å². The summed E-state index contributed by atoms with van der Waals surface area (Å²) >= 11 is 0. The molecule has 0 saturated heterocycles. The van der Waals surface area contributed by atoms with Crippen molar-refractivity contribution in [2.45, 2.75) is 38.5 Å². The predicted molar refractivity (Wildman–Crippen MR) is 73.8 cm³/mol. The molecular weight excluding hydrogens is 257 g/mol. The fourth-order valence-electron chi connectivity index (χ4n) is 2.64. The van der Waals surface area contributed by atoms with Gasteiger partial charge in [-0.3, -0.25) is 9.64 Å². The zero-order valence-corrected chi connectivity index (χ0v) is 11.4. The van der Waals surface area contributed by atoms with Gasteiger partial charge in [-0.25, -0.2) is 11.0 Å². The Labute approximate surface area is 118 Å². The van der Waals surface area contributed by atoms with Crippen LogP contribution in [0, 0.1) is 18.3 Å². The molecule has 0 atom stereocenters. The van der Waals surface area contributed by atoms with Crippen LogP contribution < -0.4 is 4.74 Å². The molecule has 1 aromatic rings. The van der Waals surface area contributed by atoms with Gasteiger partial charge in [-0.15, -0.1) is 0 Å². The first-order chi connectivity index (χ1) is 9.70. The Bertz CT molecular complexity index is 516. The predicted octanol–water partition coefficient (Wildman–Crippen LogP) is 3.77. The number of carbonyl (C=O) groups excluding carboxylic acids is 1. The quantitative estimate of drug-likeness (QED) is 0.740. The van der Waals surface area contributed by atoms with Gasteiger partial charge in [-0.2, -0.15) is 0 Å². The lowest BCUT2D eigenvalue weighted by Crippen LogP contribution is -2.11. The standard InChI is InChI=1S/C16H18FNO2/c1-18-11-20-16-9-7-12(10-14(16)17)6-8-15(19)13-4-2-3-5-13/h7,9-10,13H,2-6,8,11H2. The molecule has 0 bridgehead atoms. The minimum Gasteiger partial charge on any atom is -0.423 e. The van der Waals surface area contributed by atoms with Crippen LogP contribution in [0.1, 0.15) is 37.7 Å².